The molecule has 1 atom stereocenters. The lowest BCUT2D eigenvalue weighted by Crippen LogP contribution is -2.35. The Morgan fingerprint density at radius 3 is 2.76 bits per heavy atom. The molecule has 0 bridgehead atoms. The van der Waals surface area contributed by atoms with E-state index in [-0.39, 0.29) is 17.9 Å². The molecular formula is C12H20N4O. The molecule has 5 nitrogen and oxygen atoms in total. The van der Waals surface area contributed by atoms with E-state index in [1.54, 1.807) is 0 Å². The summed E-state index contributed by atoms with van der Waals surface area (Å²) < 4.78 is 0. The first kappa shape index (κ1) is 12.1. The van der Waals surface area contributed by atoms with Crippen LogP contribution < -0.4 is 5.32 Å². The summed E-state index contributed by atoms with van der Waals surface area (Å²) in [5, 5.41) is 9.56. The number of carbonyl (C=O) groups is 1. The van der Waals surface area contributed by atoms with Crippen molar-refractivity contribution in [3.05, 3.63) is 12.2 Å². The molecule has 1 fully saturated rings. The van der Waals surface area contributed by atoms with Crippen molar-refractivity contribution in [2.24, 2.45) is 11.8 Å². The third-order valence-electron chi connectivity index (χ3n) is 3.59. The summed E-state index contributed by atoms with van der Waals surface area (Å²) in [7, 11) is 0. The van der Waals surface area contributed by atoms with E-state index in [2.05, 4.69) is 27.4 Å². The molecule has 1 aliphatic rings. The molecule has 0 saturated heterocycles. The normalized spacial score (nSPS) is 26.5. The van der Waals surface area contributed by atoms with Crippen molar-refractivity contribution in [3.63, 3.8) is 0 Å². The average Bonchev–Trinajstić information content (AvgIpc) is 2.83. The zero-order chi connectivity index (χ0) is 12.3. The van der Waals surface area contributed by atoms with Crippen molar-refractivity contribution < 1.29 is 4.79 Å². The first-order valence-electron chi connectivity index (χ1n) is 6.32. The lowest BCUT2D eigenvalue weighted by atomic mass is 9.82. The summed E-state index contributed by atoms with van der Waals surface area (Å²) in [5.74, 6) is 1.81. The molecule has 2 N–H and O–H groups in total. The van der Waals surface area contributed by atoms with Crippen LogP contribution in [0.5, 0.6) is 0 Å². The molecule has 94 valence electrons. The van der Waals surface area contributed by atoms with Gasteiger partial charge in [-0.2, -0.15) is 5.10 Å². The van der Waals surface area contributed by atoms with Crippen LogP contribution in [0.15, 0.2) is 6.33 Å². The molecule has 0 spiro atoms. The summed E-state index contributed by atoms with van der Waals surface area (Å²) >= 11 is 0. The van der Waals surface area contributed by atoms with Crippen LogP contribution in [0.3, 0.4) is 0 Å². The van der Waals surface area contributed by atoms with Gasteiger partial charge < -0.3 is 5.32 Å². The van der Waals surface area contributed by atoms with Gasteiger partial charge in [-0.05, 0) is 38.5 Å². The summed E-state index contributed by atoms with van der Waals surface area (Å²) in [6.07, 6.45) is 5.80. The van der Waals surface area contributed by atoms with E-state index in [4.69, 9.17) is 0 Å². The number of carbonyl (C=O) groups excluding carboxylic acids is 1. The SMILES string of the molecule is CC1CCC(C(=O)NC(C)c2ncn[nH]2)CC1. The highest BCUT2D eigenvalue weighted by atomic mass is 16.1. The molecule has 1 amide bonds. The summed E-state index contributed by atoms with van der Waals surface area (Å²) in [5.41, 5.74) is 0. The van der Waals surface area contributed by atoms with Crippen molar-refractivity contribution in [1.29, 1.82) is 0 Å². The van der Waals surface area contributed by atoms with Gasteiger partial charge in [-0.1, -0.05) is 6.92 Å². The van der Waals surface area contributed by atoms with Gasteiger partial charge in [0.15, 0.2) is 0 Å². The topological polar surface area (TPSA) is 70.7 Å². The quantitative estimate of drug-likeness (QED) is 0.840. The van der Waals surface area contributed by atoms with Gasteiger partial charge in [0.25, 0.3) is 0 Å². The Balaban J connectivity index is 1.85. The Hall–Kier alpha value is -1.39. The minimum Gasteiger partial charge on any atom is -0.346 e. The number of aromatic amines is 1. The van der Waals surface area contributed by atoms with Crippen LogP contribution in [0, 0.1) is 11.8 Å². The molecule has 0 aliphatic heterocycles. The van der Waals surface area contributed by atoms with E-state index in [0.29, 0.717) is 5.82 Å². The third kappa shape index (κ3) is 3.05. The number of H-pyrrole nitrogens is 1. The fourth-order valence-corrected chi connectivity index (χ4v) is 2.35. The zero-order valence-corrected chi connectivity index (χ0v) is 10.4. The van der Waals surface area contributed by atoms with Crippen LogP contribution in [-0.4, -0.2) is 21.1 Å². The Morgan fingerprint density at radius 2 is 2.18 bits per heavy atom. The van der Waals surface area contributed by atoms with Gasteiger partial charge in [-0.3, -0.25) is 9.89 Å². The van der Waals surface area contributed by atoms with E-state index in [0.717, 1.165) is 31.6 Å². The van der Waals surface area contributed by atoms with Crippen LogP contribution in [0.1, 0.15) is 51.4 Å². The van der Waals surface area contributed by atoms with Gasteiger partial charge in [0.1, 0.15) is 12.2 Å². The van der Waals surface area contributed by atoms with E-state index in [1.807, 2.05) is 6.92 Å². The van der Waals surface area contributed by atoms with E-state index >= 15 is 0 Å². The van der Waals surface area contributed by atoms with Gasteiger partial charge >= 0.3 is 0 Å². The van der Waals surface area contributed by atoms with Crippen LogP contribution in [-0.2, 0) is 4.79 Å². The van der Waals surface area contributed by atoms with Crippen molar-refractivity contribution in [2.45, 2.75) is 45.6 Å². The third-order valence-corrected chi connectivity index (χ3v) is 3.59. The van der Waals surface area contributed by atoms with Crippen LogP contribution in [0.2, 0.25) is 0 Å². The number of rotatable bonds is 3. The molecule has 2 rings (SSSR count). The Labute approximate surface area is 101 Å². The minimum absolute atomic E-state index is 0.0932. The number of amides is 1. The lowest BCUT2D eigenvalue weighted by Gasteiger charge is -2.26. The smallest absolute Gasteiger partial charge is 0.223 e. The number of nitrogens with zero attached hydrogens (tertiary/aromatic N) is 2. The second-order valence-electron chi connectivity index (χ2n) is 5.06. The fourth-order valence-electron chi connectivity index (χ4n) is 2.35. The average molecular weight is 236 g/mol. The number of nitrogens with one attached hydrogen (secondary N) is 2. The summed E-state index contributed by atoms with van der Waals surface area (Å²) in [4.78, 5) is 16.1. The molecule has 1 heterocycles. The monoisotopic (exact) mass is 236 g/mol. The predicted octanol–water partition coefficient (Wildman–Crippen LogP) is 1.81. The molecule has 1 unspecified atom stereocenters. The molecule has 5 heteroatoms. The van der Waals surface area contributed by atoms with Crippen LogP contribution >= 0.6 is 0 Å². The van der Waals surface area contributed by atoms with Crippen molar-refractivity contribution in [2.75, 3.05) is 0 Å². The highest BCUT2D eigenvalue weighted by Gasteiger charge is 2.25. The van der Waals surface area contributed by atoms with Crippen molar-refractivity contribution >= 4 is 5.91 Å². The summed E-state index contributed by atoms with van der Waals surface area (Å²) in [6.45, 7) is 4.18. The molecule has 1 aromatic heterocycles. The first-order chi connectivity index (χ1) is 8.16. The highest BCUT2D eigenvalue weighted by Crippen LogP contribution is 2.28. The largest absolute Gasteiger partial charge is 0.346 e. The fraction of sp³-hybridized carbons (Fsp3) is 0.750. The predicted molar refractivity (Wildman–Crippen MR) is 64.1 cm³/mol. The van der Waals surface area contributed by atoms with E-state index < -0.39 is 0 Å². The van der Waals surface area contributed by atoms with Gasteiger partial charge in [0.05, 0.1) is 6.04 Å². The molecule has 1 saturated carbocycles. The Morgan fingerprint density at radius 1 is 1.47 bits per heavy atom. The Kier molecular flexibility index (Phi) is 3.76. The van der Waals surface area contributed by atoms with E-state index in [9.17, 15) is 4.79 Å². The molecule has 0 aromatic carbocycles. The maximum atomic E-state index is 12.0. The van der Waals surface area contributed by atoms with E-state index in [1.165, 1.54) is 6.33 Å². The molecular weight excluding hydrogens is 216 g/mol. The molecule has 0 radical (unpaired) electrons. The maximum Gasteiger partial charge on any atom is 0.223 e. The molecule has 17 heavy (non-hydrogen) atoms. The second-order valence-corrected chi connectivity index (χ2v) is 5.06. The first-order valence-corrected chi connectivity index (χ1v) is 6.32. The zero-order valence-electron chi connectivity index (χ0n) is 10.4. The second kappa shape index (κ2) is 5.29. The summed E-state index contributed by atoms with van der Waals surface area (Å²) in [6, 6.07) is -0.0932. The standard InChI is InChI=1S/C12H20N4O/c1-8-3-5-10(6-4-8)12(17)15-9(2)11-13-7-14-16-11/h7-10H,3-6H2,1-2H3,(H,15,17)(H,13,14,16). The molecule has 1 aromatic rings. The van der Waals surface area contributed by atoms with Gasteiger partial charge in [-0.15, -0.1) is 0 Å². The minimum atomic E-state index is -0.0932. The van der Waals surface area contributed by atoms with Crippen molar-refractivity contribution in [3.8, 4) is 0 Å². The van der Waals surface area contributed by atoms with Crippen LogP contribution in [0.25, 0.3) is 0 Å². The van der Waals surface area contributed by atoms with Gasteiger partial charge in [0, 0.05) is 5.92 Å². The van der Waals surface area contributed by atoms with Crippen LogP contribution in [0.4, 0.5) is 0 Å². The number of hydrogen-bond donors (Lipinski definition) is 2. The highest BCUT2D eigenvalue weighted by molar-refractivity contribution is 5.79. The Bertz CT molecular complexity index is 355. The maximum absolute atomic E-state index is 12.0. The van der Waals surface area contributed by atoms with Crippen molar-refractivity contribution in [1.82, 2.24) is 20.5 Å². The van der Waals surface area contributed by atoms with Gasteiger partial charge in [-0.25, -0.2) is 4.98 Å². The number of aromatic nitrogens is 3. The molecule has 1 aliphatic carbocycles. The lowest BCUT2D eigenvalue weighted by molar-refractivity contribution is -0.126. The van der Waals surface area contributed by atoms with Gasteiger partial charge in [0.2, 0.25) is 5.91 Å². The number of hydrogen-bond acceptors (Lipinski definition) is 3.